The number of hydrogen-bond donors (Lipinski definition) is 5. The molecule has 0 aliphatic carbocycles. The number of rotatable bonds is 8. The first-order valence-corrected chi connectivity index (χ1v) is 19.8. The number of azo groups is 2. The summed E-state index contributed by atoms with van der Waals surface area (Å²) in [6.45, 7) is 0. The highest BCUT2D eigenvalue weighted by atomic mass is 33.1. The van der Waals surface area contributed by atoms with Crippen LogP contribution in [0.5, 0.6) is 5.75 Å². The summed E-state index contributed by atoms with van der Waals surface area (Å²) in [5.74, 6) is -1.83. The summed E-state index contributed by atoms with van der Waals surface area (Å²) < 4.78 is 66.4. The number of carbonyl (C=O) groups is 1. The summed E-state index contributed by atoms with van der Waals surface area (Å²) in [6.07, 6.45) is 0. The first-order valence-electron chi connectivity index (χ1n) is 11.3. The number of aromatic carboxylic acids is 1. The number of aromatic hydroxyl groups is 1. The average molecular weight is 700 g/mol. The standard InChI is InChI=1S/C23H20N5O9P3S3/c24-19-18-11(9-16(42(35,36)37)20(19)27-25-12-5-7-13(8-6-12)41(32,33)34)10-17(43(38,39)40)21(22(18)29)28-26-15-4-2-1-3-14(15)23(30)31/h1-10,29,38-39H,24,40H2,(H,30,31)(H,32,33,34)(H,35,36,37). The van der Waals surface area contributed by atoms with Crippen molar-refractivity contribution in [2.24, 2.45) is 20.5 Å². The highest BCUT2D eigenvalue weighted by molar-refractivity contribution is 8.68. The Morgan fingerprint density at radius 3 is 1.95 bits per heavy atom. The van der Waals surface area contributed by atoms with E-state index >= 15 is 0 Å². The molecule has 0 fully saturated rings. The van der Waals surface area contributed by atoms with Crippen LogP contribution >= 0.6 is 24.5 Å². The van der Waals surface area contributed by atoms with Gasteiger partial charge in [0.05, 0.1) is 27.2 Å². The Hall–Kier alpha value is -3.39. The van der Waals surface area contributed by atoms with Crippen LogP contribution in [0, 0.1) is 0 Å². The fourth-order valence-electron chi connectivity index (χ4n) is 3.79. The van der Waals surface area contributed by atoms with Gasteiger partial charge in [0.25, 0.3) is 20.2 Å². The SMILES string of the molecule is Nc1c(N=Nc2ccc(S(=O)(=O)O)cc2)c(S(=O)(=O)O)cc2cc(S(=P)(=P)P)c(N=Nc3ccccc3C(=O)O)c(O)c12. The number of nitrogen functional groups attached to an aromatic ring is 1. The van der Waals surface area contributed by atoms with E-state index < -0.39 is 61.1 Å². The second kappa shape index (κ2) is 11.9. The monoisotopic (exact) mass is 699 g/mol. The Bertz CT molecular complexity index is 2210. The van der Waals surface area contributed by atoms with Crippen LogP contribution in [0.2, 0.25) is 0 Å². The first kappa shape index (κ1) is 32.5. The number of carboxylic acid groups (broad SMARTS) is 1. The largest absolute Gasteiger partial charge is 0.505 e. The fraction of sp³-hybridized carbons (Fsp3) is 0. The first-order chi connectivity index (χ1) is 19.9. The van der Waals surface area contributed by atoms with Gasteiger partial charge in [-0.05, 0) is 53.9 Å². The Morgan fingerprint density at radius 1 is 0.814 bits per heavy atom. The molecule has 0 amide bonds. The Balaban J connectivity index is 1.99. The van der Waals surface area contributed by atoms with E-state index in [1.54, 1.807) is 6.07 Å². The van der Waals surface area contributed by atoms with Crippen molar-refractivity contribution in [1.29, 1.82) is 0 Å². The van der Waals surface area contributed by atoms with Crippen LogP contribution in [0.15, 0.2) is 95.8 Å². The highest BCUT2D eigenvalue weighted by Crippen LogP contribution is 2.50. The second-order valence-electron chi connectivity index (χ2n) is 8.63. The summed E-state index contributed by atoms with van der Waals surface area (Å²) in [5, 5.41) is 36.6. The van der Waals surface area contributed by atoms with Crippen molar-refractivity contribution in [2.45, 2.75) is 14.7 Å². The minimum atomic E-state index is -4.96. The van der Waals surface area contributed by atoms with Gasteiger partial charge in [0.1, 0.15) is 22.0 Å². The number of benzene rings is 4. The number of phenols is 1. The summed E-state index contributed by atoms with van der Waals surface area (Å²) in [5.41, 5.74) is 5.00. The maximum absolute atomic E-state index is 12.3. The lowest BCUT2D eigenvalue weighted by Gasteiger charge is -2.17. The van der Waals surface area contributed by atoms with Crippen molar-refractivity contribution in [1.82, 2.24) is 0 Å². The molecule has 0 saturated carbocycles. The third kappa shape index (κ3) is 7.06. The van der Waals surface area contributed by atoms with Gasteiger partial charge in [-0.15, -0.1) is 23.3 Å². The Morgan fingerprint density at radius 2 is 1.40 bits per heavy atom. The lowest BCUT2D eigenvalue weighted by molar-refractivity contribution is 0.0697. The van der Waals surface area contributed by atoms with Crippen LogP contribution in [0.25, 0.3) is 10.8 Å². The zero-order chi connectivity index (χ0) is 31.9. The fourth-order valence-corrected chi connectivity index (χ4v) is 7.17. The third-order valence-corrected chi connectivity index (χ3v) is 10.6. The van der Waals surface area contributed by atoms with E-state index in [0.29, 0.717) is 0 Å². The lowest BCUT2D eigenvalue weighted by Crippen LogP contribution is -2.02. The number of nitrogens with zero attached hydrogens (tertiary/aromatic N) is 4. The molecule has 1 atom stereocenters. The molecular formula is C23H20N5O9P3S3. The van der Waals surface area contributed by atoms with Gasteiger partial charge in [0.2, 0.25) is 0 Å². The predicted octanol–water partition coefficient (Wildman–Crippen LogP) is 6.57. The molecule has 224 valence electrons. The minimum Gasteiger partial charge on any atom is -0.505 e. The topological polar surface area (TPSA) is 242 Å². The number of hydrogen-bond acceptors (Lipinski definition) is 11. The molecule has 20 heteroatoms. The molecule has 4 rings (SSSR count). The molecule has 0 spiro atoms. The quantitative estimate of drug-likeness (QED) is 0.0573. The molecule has 1 unspecified atom stereocenters. The van der Waals surface area contributed by atoms with Crippen molar-refractivity contribution >= 4 is 97.9 Å². The normalized spacial score (nSPS) is 12.8. The van der Waals surface area contributed by atoms with E-state index in [2.05, 4.69) is 44.9 Å². The van der Waals surface area contributed by atoms with Crippen molar-refractivity contribution in [3.05, 3.63) is 66.2 Å². The van der Waals surface area contributed by atoms with Crippen LogP contribution in [0.3, 0.4) is 0 Å². The summed E-state index contributed by atoms with van der Waals surface area (Å²) in [4.78, 5) is 10.7. The summed E-state index contributed by atoms with van der Waals surface area (Å²) in [6, 6.07) is 12.6. The molecule has 4 aromatic carbocycles. The van der Waals surface area contributed by atoms with Crippen molar-refractivity contribution in [3.63, 3.8) is 0 Å². The van der Waals surface area contributed by atoms with Crippen LogP contribution in [0.1, 0.15) is 10.4 Å². The smallest absolute Gasteiger partial charge is 0.337 e. The van der Waals surface area contributed by atoms with E-state index in [1.165, 1.54) is 36.4 Å². The molecule has 6 N–H and O–H groups in total. The van der Waals surface area contributed by atoms with E-state index in [-0.39, 0.29) is 38.3 Å². The lowest BCUT2D eigenvalue weighted by atomic mass is 10.1. The maximum atomic E-state index is 12.3. The van der Waals surface area contributed by atoms with E-state index in [1.807, 2.05) is 0 Å². The van der Waals surface area contributed by atoms with Crippen molar-refractivity contribution < 1.29 is 40.9 Å². The van der Waals surface area contributed by atoms with E-state index in [0.717, 1.165) is 18.2 Å². The van der Waals surface area contributed by atoms with Crippen LogP contribution in [0.4, 0.5) is 28.4 Å². The van der Waals surface area contributed by atoms with Crippen LogP contribution in [-0.4, -0.2) is 42.1 Å². The molecule has 0 heterocycles. The van der Waals surface area contributed by atoms with Crippen molar-refractivity contribution in [2.75, 3.05) is 5.73 Å². The van der Waals surface area contributed by atoms with Gasteiger partial charge in [0.15, 0.2) is 5.75 Å². The van der Waals surface area contributed by atoms with Gasteiger partial charge in [-0.2, -0.15) is 21.9 Å². The predicted molar refractivity (Wildman–Crippen MR) is 170 cm³/mol. The molecule has 0 aliphatic rings. The second-order valence-corrected chi connectivity index (χ2v) is 23.2. The number of carboxylic acids is 1. The summed E-state index contributed by atoms with van der Waals surface area (Å²) in [7, 11) is -2.13. The zero-order valence-electron chi connectivity index (χ0n) is 21.3. The third-order valence-electron chi connectivity index (χ3n) is 5.73. The zero-order valence-corrected chi connectivity index (χ0v) is 26.9. The number of nitrogens with two attached hydrogens (primary N) is 1. The average Bonchev–Trinajstić information content (AvgIpc) is 2.90. The molecule has 0 bridgehead atoms. The molecule has 4 aromatic rings. The number of phenolic OH excluding ortho intramolecular Hbond substituents is 1. The van der Waals surface area contributed by atoms with Gasteiger partial charge >= 0.3 is 5.97 Å². The molecule has 0 aliphatic heterocycles. The maximum Gasteiger partial charge on any atom is 0.337 e. The van der Waals surface area contributed by atoms with Gasteiger partial charge in [0, 0.05) is 4.90 Å². The van der Waals surface area contributed by atoms with Crippen LogP contribution < -0.4 is 5.73 Å². The van der Waals surface area contributed by atoms with E-state index in [9.17, 15) is 36.4 Å². The number of fused-ring (bicyclic) bond motifs is 1. The molecule has 0 radical (unpaired) electrons. The van der Waals surface area contributed by atoms with Crippen molar-refractivity contribution in [3.8, 4) is 5.75 Å². The Labute approximate surface area is 250 Å². The van der Waals surface area contributed by atoms with Gasteiger partial charge in [-0.3, -0.25) is 9.11 Å². The molecule has 14 nitrogen and oxygen atoms in total. The van der Waals surface area contributed by atoms with Gasteiger partial charge in [-0.1, -0.05) is 36.6 Å². The summed E-state index contributed by atoms with van der Waals surface area (Å²) >= 11 is 0. The van der Waals surface area contributed by atoms with Gasteiger partial charge < -0.3 is 15.9 Å². The highest BCUT2D eigenvalue weighted by Gasteiger charge is 2.25. The molecule has 0 aromatic heterocycles. The Kier molecular flexibility index (Phi) is 9.04. The van der Waals surface area contributed by atoms with E-state index in [4.69, 9.17) is 10.3 Å². The van der Waals surface area contributed by atoms with Gasteiger partial charge in [-0.25, -0.2) is 4.79 Å². The molecular weight excluding hydrogens is 679 g/mol. The molecule has 0 saturated heterocycles. The minimum absolute atomic E-state index is 0.0167. The molecule has 43 heavy (non-hydrogen) atoms. The number of anilines is 1. The van der Waals surface area contributed by atoms with Crippen LogP contribution in [-0.2, 0) is 28.2 Å².